The molecule has 8 nitrogen and oxygen atoms in total. The summed E-state index contributed by atoms with van der Waals surface area (Å²) in [6, 6.07) is 14.7. The third kappa shape index (κ3) is 5.31. The number of likely N-dealkylation sites (tertiary alicyclic amines) is 1. The highest BCUT2D eigenvalue weighted by molar-refractivity contribution is 9.10. The van der Waals surface area contributed by atoms with Gasteiger partial charge < -0.3 is 15.0 Å². The summed E-state index contributed by atoms with van der Waals surface area (Å²) in [6.07, 6.45) is 3.15. The van der Waals surface area contributed by atoms with Crippen molar-refractivity contribution in [2.75, 3.05) is 13.7 Å². The fourth-order valence-electron chi connectivity index (χ4n) is 7.06. The Morgan fingerprint density at radius 3 is 2.40 bits per heavy atom. The van der Waals surface area contributed by atoms with Gasteiger partial charge in [0, 0.05) is 27.7 Å². The Morgan fingerprint density at radius 1 is 1.04 bits per heavy atom. The molecule has 3 aliphatic rings. The topological polar surface area (TPSA) is 93.5 Å². The predicted octanol–water partition coefficient (Wildman–Crippen LogP) is 8.21. The number of imidazole rings is 1. The van der Waals surface area contributed by atoms with Gasteiger partial charge in [-0.25, -0.2) is 9.78 Å². The van der Waals surface area contributed by atoms with Crippen molar-refractivity contribution in [2.24, 2.45) is 11.3 Å². The monoisotopic (exact) mass is 736 g/mol. The Bertz CT molecular complexity index is 1990. The lowest BCUT2D eigenvalue weighted by Crippen LogP contribution is -2.51. The number of fused-ring (bicyclic) bond motifs is 3. The van der Waals surface area contributed by atoms with Gasteiger partial charge in [0.2, 0.25) is 5.91 Å². The molecule has 248 valence electrons. The number of benzene rings is 3. The van der Waals surface area contributed by atoms with Crippen LogP contribution in [0.3, 0.4) is 0 Å². The number of ether oxygens (including phenoxy) is 1. The lowest BCUT2D eigenvalue weighted by molar-refractivity contribution is -0.135. The molecule has 48 heavy (non-hydrogen) atoms. The molecule has 1 spiro atoms. The molecule has 0 bridgehead atoms. The first-order valence-electron chi connectivity index (χ1n) is 15.7. The van der Waals surface area contributed by atoms with E-state index in [0.29, 0.717) is 45.6 Å². The van der Waals surface area contributed by atoms with Gasteiger partial charge in [-0.15, -0.1) is 0 Å². The molecule has 3 aromatic carbocycles. The first kappa shape index (κ1) is 32.5. The number of nitrogens with one attached hydrogen (secondary N) is 1. The molecule has 2 atom stereocenters. The van der Waals surface area contributed by atoms with Gasteiger partial charge in [-0.2, -0.15) is 8.78 Å². The fourth-order valence-corrected chi connectivity index (χ4v) is 7.64. The number of rotatable bonds is 6. The van der Waals surface area contributed by atoms with Crippen LogP contribution in [0, 0.1) is 11.3 Å². The Balaban J connectivity index is 1.36. The van der Waals surface area contributed by atoms with Crippen LogP contribution in [0.2, 0.25) is 5.02 Å². The zero-order valence-corrected chi connectivity index (χ0v) is 28.7. The third-order valence-corrected chi connectivity index (χ3v) is 10.6. The zero-order chi connectivity index (χ0) is 34.1. The van der Waals surface area contributed by atoms with Crippen LogP contribution in [-0.2, 0) is 15.5 Å². The van der Waals surface area contributed by atoms with Crippen molar-refractivity contribution in [1.29, 1.82) is 0 Å². The molecule has 7 rings (SSSR count). The average molecular weight is 738 g/mol. The molecule has 2 heterocycles. The van der Waals surface area contributed by atoms with Crippen molar-refractivity contribution in [3.63, 3.8) is 0 Å². The van der Waals surface area contributed by atoms with Gasteiger partial charge in [0.05, 0.1) is 35.6 Å². The van der Waals surface area contributed by atoms with Crippen LogP contribution in [0.15, 0.2) is 71.3 Å². The van der Waals surface area contributed by atoms with Crippen LogP contribution in [0.1, 0.15) is 66.5 Å². The maximum atomic E-state index is 15.9. The van der Waals surface area contributed by atoms with E-state index in [2.05, 4.69) is 21.2 Å². The summed E-state index contributed by atoms with van der Waals surface area (Å²) < 4.78 is 38.6. The summed E-state index contributed by atoms with van der Waals surface area (Å²) in [7, 11) is 1.24. The predicted molar refractivity (Wildman–Crippen MR) is 180 cm³/mol. The van der Waals surface area contributed by atoms with Gasteiger partial charge in [-0.1, -0.05) is 71.7 Å². The average Bonchev–Trinajstić information content (AvgIpc) is 3.41. The first-order valence-corrected chi connectivity index (χ1v) is 16.9. The minimum absolute atomic E-state index is 0.0968. The van der Waals surface area contributed by atoms with Crippen LogP contribution >= 0.6 is 27.5 Å². The van der Waals surface area contributed by atoms with Crippen molar-refractivity contribution >= 4 is 45.4 Å². The molecule has 0 radical (unpaired) electrons. The Morgan fingerprint density at radius 2 is 1.73 bits per heavy atom. The molecule has 1 saturated carbocycles. The van der Waals surface area contributed by atoms with Crippen molar-refractivity contribution in [2.45, 2.75) is 51.1 Å². The number of halogens is 4. The summed E-state index contributed by atoms with van der Waals surface area (Å²) in [5.74, 6) is -4.04. The number of nitrogens with zero attached hydrogens (tertiary/aromatic N) is 3. The van der Waals surface area contributed by atoms with Crippen LogP contribution in [0.4, 0.5) is 13.6 Å². The van der Waals surface area contributed by atoms with E-state index in [1.807, 2.05) is 13.8 Å². The standard InChI is InChI=1S/C36H32BrClF2N4O4/c1-19(2)30(42-34(47)48-3)33(46)43-18-35(12-13-35)16-28(43)31-41-17-29(44(31)32(45)24-6-4-5-7-27(24)38)20-8-10-22-23-11-9-21(37)15-26(23)36(39,40)25(22)14-20/h4-11,14-15,17,19,28,30H,12-13,16,18H2,1-3H3,(H,42,47)/t28?,30-/m0/s1. The summed E-state index contributed by atoms with van der Waals surface area (Å²) in [5.41, 5.74) is 1.32. The summed E-state index contributed by atoms with van der Waals surface area (Å²) in [6.45, 7) is 4.10. The lowest BCUT2D eigenvalue weighted by Gasteiger charge is -2.30. The molecule has 1 aliphatic heterocycles. The molecule has 1 unspecified atom stereocenters. The van der Waals surface area contributed by atoms with E-state index in [1.54, 1.807) is 53.4 Å². The van der Waals surface area contributed by atoms with Gasteiger partial charge >= 0.3 is 6.09 Å². The highest BCUT2D eigenvalue weighted by Crippen LogP contribution is 2.59. The number of carbonyl (C=O) groups excluding carboxylic acids is 3. The Labute approximate surface area is 289 Å². The number of carbonyl (C=O) groups is 3. The SMILES string of the molecule is COC(=O)N[C@H](C(=O)N1CC2(CC2)CC1c1ncc(-c2ccc3c(c2)C(F)(F)c2cc(Br)ccc2-3)n1C(=O)c1ccccc1Cl)C(C)C. The molecule has 2 amide bonds. The highest BCUT2D eigenvalue weighted by atomic mass is 79.9. The van der Waals surface area contributed by atoms with Gasteiger partial charge in [-0.3, -0.25) is 14.2 Å². The molecule has 1 aromatic heterocycles. The van der Waals surface area contributed by atoms with Crippen LogP contribution < -0.4 is 5.32 Å². The molecule has 1 saturated heterocycles. The van der Waals surface area contributed by atoms with Crippen molar-refractivity contribution in [3.8, 4) is 22.4 Å². The number of aromatic nitrogens is 2. The molecule has 12 heteroatoms. The van der Waals surface area contributed by atoms with Gasteiger partial charge in [0.25, 0.3) is 11.8 Å². The second kappa shape index (κ2) is 11.8. The van der Waals surface area contributed by atoms with Crippen LogP contribution in [-0.4, -0.2) is 52.1 Å². The van der Waals surface area contributed by atoms with Crippen LogP contribution in [0.5, 0.6) is 0 Å². The minimum Gasteiger partial charge on any atom is -0.453 e. The molecular formula is C36H32BrClF2N4O4. The number of methoxy groups -OCH3 is 1. The quantitative estimate of drug-likeness (QED) is 0.215. The van der Waals surface area contributed by atoms with E-state index in [1.165, 1.54) is 30.0 Å². The van der Waals surface area contributed by atoms with Gasteiger partial charge in [0.1, 0.15) is 11.9 Å². The highest BCUT2D eigenvalue weighted by Gasteiger charge is 2.56. The molecule has 2 fully saturated rings. The van der Waals surface area contributed by atoms with Crippen LogP contribution in [0.25, 0.3) is 22.4 Å². The molecular weight excluding hydrogens is 706 g/mol. The van der Waals surface area contributed by atoms with E-state index in [9.17, 15) is 14.4 Å². The minimum atomic E-state index is -3.27. The number of alkyl carbamates (subject to hydrolysis) is 1. The second-order valence-corrected chi connectivity index (χ2v) is 14.5. The van der Waals surface area contributed by atoms with E-state index < -0.39 is 30.0 Å². The van der Waals surface area contributed by atoms with E-state index in [-0.39, 0.29) is 39.0 Å². The number of hydrogen-bond donors (Lipinski definition) is 1. The maximum absolute atomic E-state index is 15.9. The van der Waals surface area contributed by atoms with Crippen molar-refractivity contribution in [1.82, 2.24) is 19.8 Å². The Hall–Kier alpha value is -4.09. The smallest absolute Gasteiger partial charge is 0.407 e. The van der Waals surface area contributed by atoms with Crippen molar-refractivity contribution < 1.29 is 27.9 Å². The summed E-state index contributed by atoms with van der Waals surface area (Å²) >= 11 is 9.84. The van der Waals surface area contributed by atoms with E-state index in [0.717, 1.165) is 12.8 Å². The van der Waals surface area contributed by atoms with Gasteiger partial charge in [-0.05, 0) is 72.1 Å². The zero-order valence-electron chi connectivity index (χ0n) is 26.4. The lowest BCUT2D eigenvalue weighted by atomic mass is 10.0. The maximum Gasteiger partial charge on any atom is 0.407 e. The second-order valence-electron chi connectivity index (χ2n) is 13.2. The number of hydrogen-bond acceptors (Lipinski definition) is 5. The Kier molecular flexibility index (Phi) is 7.98. The first-order chi connectivity index (χ1) is 22.8. The fraction of sp³-hybridized carbons (Fsp3) is 0.333. The molecule has 2 aliphatic carbocycles. The molecule has 4 aromatic rings. The van der Waals surface area contributed by atoms with Crippen molar-refractivity contribution in [3.05, 3.63) is 98.9 Å². The largest absolute Gasteiger partial charge is 0.453 e. The summed E-state index contributed by atoms with van der Waals surface area (Å²) in [5, 5.41) is 2.89. The molecule has 1 N–H and O–H groups in total. The number of amides is 2. The third-order valence-electron chi connectivity index (χ3n) is 9.80. The van der Waals surface area contributed by atoms with E-state index >= 15 is 8.78 Å². The van der Waals surface area contributed by atoms with Gasteiger partial charge in [0.15, 0.2) is 0 Å². The summed E-state index contributed by atoms with van der Waals surface area (Å²) in [4.78, 5) is 47.3. The van der Waals surface area contributed by atoms with E-state index in [4.69, 9.17) is 21.3 Å². The normalized spacial score (nSPS) is 18.8. The number of alkyl halides is 2.